The summed E-state index contributed by atoms with van der Waals surface area (Å²) in [5.74, 6) is 0.596. The highest BCUT2D eigenvalue weighted by Crippen LogP contribution is 2.28. The number of methoxy groups -OCH3 is 1. The van der Waals surface area contributed by atoms with E-state index in [0.717, 1.165) is 0 Å². The number of rotatable bonds is 7. The van der Waals surface area contributed by atoms with Crippen LogP contribution in [0.3, 0.4) is 0 Å². The zero-order valence-corrected chi connectivity index (χ0v) is 14.4. The van der Waals surface area contributed by atoms with Crippen molar-refractivity contribution < 1.29 is 14.5 Å². The summed E-state index contributed by atoms with van der Waals surface area (Å²) in [6.45, 7) is 4.16. The first kappa shape index (κ1) is 18.3. The van der Waals surface area contributed by atoms with Gasteiger partial charge in [0.05, 0.1) is 24.3 Å². The summed E-state index contributed by atoms with van der Waals surface area (Å²) >= 11 is 0. The van der Waals surface area contributed by atoms with Crippen LogP contribution in [0.15, 0.2) is 42.5 Å². The van der Waals surface area contributed by atoms with E-state index in [2.05, 4.69) is 24.5 Å². The van der Waals surface area contributed by atoms with Crippen molar-refractivity contribution in [1.82, 2.24) is 0 Å². The number of hydrogen-bond acceptors (Lipinski definition) is 5. The summed E-state index contributed by atoms with van der Waals surface area (Å²) in [6.07, 6.45) is 0. The van der Waals surface area contributed by atoms with E-state index in [4.69, 9.17) is 4.74 Å². The summed E-state index contributed by atoms with van der Waals surface area (Å²) in [5, 5.41) is 16.5. The van der Waals surface area contributed by atoms with Crippen LogP contribution in [-0.4, -0.2) is 24.5 Å². The van der Waals surface area contributed by atoms with E-state index >= 15 is 0 Å². The van der Waals surface area contributed by atoms with Crippen molar-refractivity contribution in [2.45, 2.75) is 19.8 Å². The molecule has 0 aliphatic heterocycles. The molecule has 1 amide bonds. The second-order valence-corrected chi connectivity index (χ2v) is 5.82. The van der Waals surface area contributed by atoms with Gasteiger partial charge in [-0.3, -0.25) is 14.9 Å². The van der Waals surface area contributed by atoms with Crippen LogP contribution in [-0.2, 0) is 4.79 Å². The molecule has 0 radical (unpaired) electrons. The zero-order valence-electron chi connectivity index (χ0n) is 14.4. The van der Waals surface area contributed by atoms with E-state index in [0.29, 0.717) is 23.0 Å². The molecule has 7 heteroatoms. The van der Waals surface area contributed by atoms with Gasteiger partial charge < -0.3 is 15.4 Å². The molecule has 2 aromatic rings. The number of benzene rings is 2. The van der Waals surface area contributed by atoms with Gasteiger partial charge in [-0.15, -0.1) is 0 Å². The Bertz CT molecular complexity index is 757. The van der Waals surface area contributed by atoms with Crippen molar-refractivity contribution in [2.24, 2.45) is 0 Å². The molecule has 0 fully saturated rings. The van der Waals surface area contributed by atoms with Crippen molar-refractivity contribution in [3.05, 3.63) is 58.1 Å². The predicted octanol–water partition coefficient (Wildman–Crippen LogP) is 3.78. The van der Waals surface area contributed by atoms with E-state index in [-0.39, 0.29) is 18.1 Å². The number of anilines is 2. The number of ether oxygens (including phenoxy) is 1. The summed E-state index contributed by atoms with van der Waals surface area (Å²) in [4.78, 5) is 22.4. The first-order valence-electron chi connectivity index (χ1n) is 7.87. The number of nitro benzene ring substituents is 1. The largest absolute Gasteiger partial charge is 0.495 e. The van der Waals surface area contributed by atoms with Crippen molar-refractivity contribution >= 4 is 23.0 Å². The Morgan fingerprint density at radius 3 is 2.44 bits per heavy atom. The van der Waals surface area contributed by atoms with Crippen LogP contribution in [0, 0.1) is 10.1 Å². The quantitative estimate of drug-likeness (QED) is 0.589. The predicted molar refractivity (Wildman–Crippen MR) is 97.3 cm³/mol. The standard InChI is InChI=1S/C18H21N3O4/c1-12(2)13-4-6-14(7-5-13)20-18(22)11-19-16-10-15(21(23)24)8-9-17(16)25-3/h4-10,12,19H,11H2,1-3H3,(H,20,22). The molecule has 7 nitrogen and oxygen atoms in total. The van der Waals surface area contributed by atoms with Crippen molar-refractivity contribution in [1.29, 1.82) is 0 Å². The molecule has 0 aliphatic rings. The van der Waals surface area contributed by atoms with Crippen LogP contribution in [0.25, 0.3) is 0 Å². The molecule has 0 aliphatic carbocycles. The monoisotopic (exact) mass is 343 g/mol. The lowest BCUT2D eigenvalue weighted by Crippen LogP contribution is -2.22. The summed E-state index contributed by atoms with van der Waals surface area (Å²) in [6, 6.07) is 11.8. The van der Waals surface area contributed by atoms with Crippen molar-refractivity contribution in [3.8, 4) is 5.75 Å². The Balaban J connectivity index is 1.99. The maximum Gasteiger partial charge on any atom is 0.271 e. The fourth-order valence-electron chi connectivity index (χ4n) is 2.28. The normalized spacial score (nSPS) is 10.4. The molecule has 0 aromatic heterocycles. The second kappa shape index (κ2) is 8.14. The average Bonchev–Trinajstić information content (AvgIpc) is 2.60. The van der Waals surface area contributed by atoms with Crippen LogP contribution in [0.1, 0.15) is 25.3 Å². The number of hydrogen-bond donors (Lipinski definition) is 2. The zero-order chi connectivity index (χ0) is 18.4. The molecular formula is C18H21N3O4. The third-order valence-electron chi connectivity index (χ3n) is 3.69. The molecule has 2 N–H and O–H groups in total. The molecule has 0 saturated heterocycles. The molecule has 0 saturated carbocycles. The Hall–Kier alpha value is -3.09. The van der Waals surface area contributed by atoms with Gasteiger partial charge >= 0.3 is 0 Å². The van der Waals surface area contributed by atoms with Gasteiger partial charge in [-0.05, 0) is 29.7 Å². The van der Waals surface area contributed by atoms with E-state index in [1.165, 1.54) is 30.9 Å². The van der Waals surface area contributed by atoms with E-state index in [9.17, 15) is 14.9 Å². The lowest BCUT2D eigenvalue weighted by Gasteiger charge is -2.12. The molecule has 2 aromatic carbocycles. The Labute approximate surface area is 146 Å². The van der Waals surface area contributed by atoms with E-state index < -0.39 is 4.92 Å². The highest BCUT2D eigenvalue weighted by Gasteiger charge is 2.12. The Kier molecular flexibility index (Phi) is 5.94. The van der Waals surface area contributed by atoms with Crippen LogP contribution in [0.5, 0.6) is 5.75 Å². The van der Waals surface area contributed by atoms with Crippen LogP contribution in [0.4, 0.5) is 17.1 Å². The van der Waals surface area contributed by atoms with Gasteiger partial charge in [0, 0.05) is 17.8 Å². The molecule has 0 heterocycles. The van der Waals surface area contributed by atoms with Gasteiger partial charge in [0.2, 0.25) is 5.91 Å². The molecule has 0 spiro atoms. The fourth-order valence-corrected chi connectivity index (χ4v) is 2.28. The first-order valence-corrected chi connectivity index (χ1v) is 7.87. The van der Waals surface area contributed by atoms with Gasteiger partial charge in [0.15, 0.2) is 0 Å². The van der Waals surface area contributed by atoms with Crippen molar-refractivity contribution in [3.63, 3.8) is 0 Å². The summed E-state index contributed by atoms with van der Waals surface area (Å²) in [5.41, 5.74) is 2.20. The van der Waals surface area contributed by atoms with Crippen LogP contribution in [0.2, 0.25) is 0 Å². The highest BCUT2D eigenvalue weighted by atomic mass is 16.6. The molecule has 132 valence electrons. The minimum Gasteiger partial charge on any atom is -0.495 e. The number of nitrogens with zero attached hydrogens (tertiary/aromatic N) is 1. The van der Waals surface area contributed by atoms with Gasteiger partial charge in [-0.25, -0.2) is 0 Å². The average molecular weight is 343 g/mol. The SMILES string of the molecule is COc1ccc([N+](=O)[O-])cc1NCC(=O)Nc1ccc(C(C)C)cc1. The molecule has 0 bridgehead atoms. The maximum absolute atomic E-state index is 12.1. The number of nitrogens with one attached hydrogen (secondary N) is 2. The Morgan fingerprint density at radius 1 is 1.20 bits per heavy atom. The molecular weight excluding hydrogens is 322 g/mol. The lowest BCUT2D eigenvalue weighted by molar-refractivity contribution is -0.384. The minimum absolute atomic E-state index is 0.0382. The van der Waals surface area contributed by atoms with Crippen molar-refractivity contribution in [2.75, 3.05) is 24.3 Å². The first-order chi connectivity index (χ1) is 11.9. The van der Waals surface area contributed by atoms with E-state index in [1.54, 1.807) is 0 Å². The smallest absolute Gasteiger partial charge is 0.271 e. The molecule has 0 atom stereocenters. The van der Waals surface area contributed by atoms with Gasteiger partial charge in [0.1, 0.15) is 5.75 Å². The summed E-state index contributed by atoms with van der Waals surface area (Å²) < 4.78 is 5.15. The third-order valence-corrected chi connectivity index (χ3v) is 3.69. The van der Waals surface area contributed by atoms with Gasteiger partial charge in [0.25, 0.3) is 5.69 Å². The van der Waals surface area contributed by atoms with Gasteiger partial charge in [-0.1, -0.05) is 26.0 Å². The second-order valence-electron chi connectivity index (χ2n) is 5.82. The third kappa shape index (κ3) is 4.94. The number of non-ortho nitro benzene ring substituents is 1. The number of carbonyl (C=O) groups is 1. The van der Waals surface area contributed by atoms with Gasteiger partial charge in [-0.2, -0.15) is 0 Å². The van der Waals surface area contributed by atoms with Crippen LogP contribution >= 0.6 is 0 Å². The van der Waals surface area contributed by atoms with E-state index in [1.807, 2.05) is 24.3 Å². The lowest BCUT2D eigenvalue weighted by atomic mass is 10.0. The number of nitro groups is 1. The highest BCUT2D eigenvalue weighted by molar-refractivity contribution is 5.94. The fraction of sp³-hybridized carbons (Fsp3) is 0.278. The molecule has 25 heavy (non-hydrogen) atoms. The maximum atomic E-state index is 12.1. The minimum atomic E-state index is -0.499. The topological polar surface area (TPSA) is 93.5 Å². The number of carbonyl (C=O) groups excluding carboxylic acids is 1. The van der Waals surface area contributed by atoms with Crippen LogP contribution < -0.4 is 15.4 Å². The number of amides is 1. The molecule has 0 unspecified atom stereocenters. The molecule has 2 rings (SSSR count). The summed E-state index contributed by atoms with van der Waals surface area (Å²) in [7, 11) is 1.46. The Morgan fingerprint density at radius 2 is 1.88 bits per heavy atom.